The van der Waals surface area contributed by atoms with Gasteiger partial charge in [-0.2, -0.15) is 5.10 Å². The fraction of sp³-hybridized carbons (Fsp3) is 0.750. The third-order valence-corrected chi connectivity index (χ3v) is 4.09. The first-order valence-corrected chi connectivity index (χ1v) is 6.86. The standard InChI is InChI=1S/C12H20BrN3/c1-4-5-16-12(10(13)7-15-16)11(14-3)9-6-8(9)2/h7-9,11,14H,4-6H2,1-3H3. The summed E-state index contributed by atoms with van der Waals surface area (Å²) < 4.78 is 3.27. The van der Waals surface area contributed by atoms with Gasteiger partial charge in [0.2, 0.25) is 0 Å². The number of aromatic nitrogens is 2. The minimum atomic E-state index is 0.443. The quantitative estimate of drug-likeness (QED) is 0.902. The zero-order chi connectivity index (χ0) is 11.7. The summed E-state index contributed by atoms with van der Waals surface area (Å²) in [6.07, 6.45) is 4.37. The summed E-state index contributed by atoms with van der Waals surface area (Å²) in [5.41, 5.74) is 1.32. The molecule has 0 aliphatic heterocycles. The van der Waals surface area contributed by atoms with Crippen molar-refractivity contribution in [2.24, 2.45) is 11.8 Å². The van der Waals surface area contributed by atoms with Crippen molar-refractivity contribution in [3.63, 3.8) is 0 Å². The van der Waals surface area contributed by atoms with E-state index in [4.69, 9.17) is 0 Å². The van der Waals surface area contributed by atoms with E-state index in [1.807, 2.05) is 13.2 Å². The van der Waals surface area contributed by atoms with Crippen LogP contribution in [0.2, 0.25) is 0 Å². The summed E-state index contributed by atoms with van der Waals surface area (Å²) in [5.74, 6) is 1.61. The number of nitrogens with zero attached hydrogens (tertiary/aromatic N) is 2. The van der Waals surface area contributed by atoms with Crippen molar-refractivity contribution in [2.75, 3.05) is 7.05 Å². The fourth-order valence-corrected chi connectivity index (χ4v) is 2.98. The Morgan fingerprint density at radius 1 is 1.69 bits per heavy atom. The first-order chi connectivity index (χ1) is 7.69. The van der Waals surface area contributed by atoms with E-state index in [1.54, 1.807) is 0 Å². The lowest BCUT2D eigenvalue weighted by Gasteiger charge is -2.18. The van der Waals surface area contributed by atoms with Gasteiger partial charge in [0.1, 0.15) is 0 Å². The molecule has 1 aromatic heterocycles. The lowest BCUT2D eigenvalue weighted by molar-refractivity contribution is 0.446. The van der Waals surface area contributed by atoms with Gasteiger partial charge in [-0.15, -0.1) is 0 Å². The van der Waals surface area contributed by atoms with Crippen LogP contribution in [0.1, 0.15) is 38.4 Å². The highest BCUT2D eigenvalue weighted by Crippen LogP contribution is 2.47. The van der Waals surface area contributed by atoms with E-state index in [0.29, 0.717) is 6.04 Å². The Morgan fingerprint density at radius 3 is 2.88 bits per heavy atom. The molecule has 1 aromatic rings. The maximum Gasteiger partial charge on any atom is 0.0698 e. The molecule has 3 atom stereocenters. The largest absolute Gasteiger partial charge is 0.311 e. The van der Waals surface area contributed by atoms with Crippen molar-refractivity contribution in [1.82, 2.24) is 15.1 Å². The maximum absolute atomic E-state index is 4.44. The van der Waals surface area contributed by atoms with Crippen molar-refractivity contribution in [1.29, 1.82) is 0 Å². The van der Waals surface area contributed by atoms with Crippen molar-refractivity contribution >= 4 is 15.9 Å². The zero-order valence-electron chi connectivity index (χ0n) is 10.2. The third kappa shape index (κ3) is 2.18. The van der Waals surface area contributed by atoms with E-state index in [1.165, 1.54) is 12.1 Å². The Hall–Kier alpha value is -0.350. The van der Waals surface area contributed by atoms with E-state index in [9.17, 15) is 0 Å². The SMILES string of the molecule is CCCn1ncc(Br)c1C(NC)C1CC1C. The molecule has 0 spiro atoms. The first kappa shape index (κ1) is 12.1. The molecule has 1 saturated carbocycles. The second kappa shape index (κ2) is 4.88. The molecule has 0 aromatic carbocycles. The van der Waals surface area contributed by atoms with E-state index < -0.39 is 0 Å². The van der Waals surface area contributed by atoms with Crippen molar-refractivity contribution < 1.29 is 0 Å². The summed E-state index contributed by atoms with van der Waals surface area (Å²) in [7, 11) is 2.05. The number of rotatable bonds is 5. The normalized spacial score (nSPS) is 25.8. The third-order valence-electron chi connectivity index (χ3n) is 3.47. The Bertz CT molecular complexity index is 361. The minimum absolute atomic E-state index is 0.443. The van der Waals surface area contributed by atoms with Gasteiger partial charge in [0, 0.05) is 6.54 Å². The minimum Gasteiger partial charge on any atom is -0.311 e. The topological polar surface area (TPSA) is 29.9 Å². The van der Waals surface area contributed by atoms with Crippen LogP contribution in [0.5, 0.6) is 0 Å². The van der Waals surface area contributed by atoms with Crippen molar-refractivity contribution in [3.05, 3.63) is 16.4 Å². The van der Waals surface area contributed by atoms with Gasteiger partial charge in [0.15, 0.2) is 0 Å². The van der Waals surface area contributed by atoms with Crippen molar-refractivity contribution in [2.45, 2.75) is 39.3 Å². The molecule has 1 aliphatic carbocycles. The highest BCUT2D eigenvalue weighted by atomic mass is 79.9. The van der Waals surface area contributed by atoms with E-state index in [2.05, 4.69) is 44.9 Å². The van der Waals surface area contributed by atoms with Crippen molar-refractivity contribution in [3.8, 4) is 0 Å². The van der Waals surface area contributed by atoms with Gasteiger partial charge in [0.25, 0.3) is 0 Å². The average Bonchev–Trinajstić information content (AvgIpc) is 2.87. The van der Waals surface area contributed by atoms with Gasteiger partial charge < -0.3 is 5.32 Å². The van der Waals surface area contributed by atoms with Gasteiger partial charge >= 0.3 is 0 Å². The van der Waals surface area contributed by atoms with Crippen LogP contribution < -0.4 is 5.32 Å². The van der Waals surface area contributed by atoms with E-state index in [-0.39, 0.29) is 0 Å². The van der Waals surface area contributed by atoms with Gasteiger partial charge in [-0.3, -0.25) is 4.68 Å². The van der Waals surface area contributed by atoms with E-state index >= 15 is 0 Å². The molecule has 4 heteroatoms. The molecule has 1 N–H and O–H groups in total. The van der Waals surface area contributed by atoms with Crippen LogP contribution in [0.25, 0.3) is 0 Å². The van der Waals surface area contributed by atoms with Crippen LogP contribution in [0.4, 0.5) is 0 Å². The summed E-state index contributed by atoms with van der Waals surface area (Å²) in [5, 5.41) is 7.88. The van der Waals surface area contributed by atoms with Crippen LogP contribution in [0, 0.1) is 11.8 Å². The number of halogens is 1. The second-order valence-corrected chi connectivity index (χ2v) is 5.60. The molecule has 90 valence electrons. The van der Waals surface area contributed by atoms with E-state index in [0.717, 1.165) is 29.3 Å². The number of aryl methyl sites for hydroxylation is 1. The zero-order valence-corrected chi connectivity index (χ0v) is 11.8. The summed E-state index contributed by atoms with van der Waals surface area (Å²) >= 11 is 3.62. The summed E-state index contributed by atoms with van der Waals surface area (Å²) in [6.45, 7) is 5.51. The van der Waals surface area contributed by atoms with Crippen LogP contribution in [0.15, 0.2) is 10.7 Å². The second-order valence-electron chi connectivity index (χ2n) is 4.74. The molecule has 0 amide bonds. The summed E-state index contributed by atoms with van der Waals surface area (Å²) in [4.78, 5) is 0. The molecule has 2 rings (SSSR count). The Balaban J connectivity index is 2.25. The molecule has 1 heterocycles. The predicted molar refractivity (Wildman–Crippen MR) is 69.3 cm³/mol. The Morgan fingerprint density at radius 2 is 2.38 bits per heavy atom. The predicted octanol–water partition coefficient (Wildman–Crippen LogP) is 2.97. The maximum atomic E-state index is 4.44. The Labute approximate surface area is 106 Å². The van der Waals surface area contributed by atoms with Crippen LogP contribution >= 0.6 is 15.9 Å². The molecule has 1 aliphatic rings. The van der Waals surface area contributed by atoms with Crippen LogP contribution in [-0.2, 0) is 6.54 Å². The highest BCUT2D eigenvalue weighted by molar-refractivity contribution is 9.10. The molecular weight excluding hydrogens is 266 g/mol. The smallest absolute Gasteiger partial charge is 0.0698 e. The fourth-order valence-electron chi connectivity index (χ4n) is 2.44. The molecule has 16 heavy (non-hydrogen) atoms. The number of hydrogen-bond donors (Lipinski definition) is 1. The lowest BCUT2D eigenvalue weighted by atomic mass is 10.1. The van der Waals surface area contributed by atoms with Crippen LogP contribution in [0.3, 0.4) is 0 Å². The molecular formula is C12H20BrN3. The number of nitrogens with one attached hydrogen (secondary N) is 1. The van der Waals surface area contributed by atoms with Gasteiger partial charge in [-0.05, 0) is 47.7 Å². The lowest BCUT2D eigenvalue weighted by Crippen LogP contribution is -2.23. The Kier molecular flexibility index (Phi) is 3.70. The molecule has 1 fully saturated rings. The molecule has 0 bridgehead atoms. The van der Waals surface area contributed by atoms with Gasteiger partial charge in [-0.25, -0.2) is 0 Å². The highest BCUT2D eigenvalue weighted by Gasteiger charge is 2.41. The monoisotopic (exact) mass is 285 g/mol. The first-order valence-electron chi connectivity index (χ1n) is 6.07. The summed E-state index contributed by atoms with van der Waals surface area (Å²) in [6, 6.07) is 0.443. The average molecular weight is 286 g/mol. The molecule has 3 unspecified atom stereocenters. The number of hydrogen-bond acceptors (Lipinski definition) is 2. The van der Waals surface area contributed by atoms with Crippen LogP contribution in [-0.4, -0.2) is 16.8 Å². The van der Waals surface area contributed by atoms with Gasteiger partial charge in [0.05, 0.1) is 22.4 Å². The van der Waals surface area contributed by atoms with Gasteiger partial charge in [-0.1, -0.05) is 13.8 Å². The molecule has 3 nitrogen and oxygen atoms in total. The molecule has 0 radical (unpaired) electrons. The molecule has 0 saturated heterocycles.